The van der Waals surface area contributed by atoms with E-state index < -0.39 is 10.8 Å². The van der Waals surface area contributed by atoms with Crippen molar-refractivity contribution in [3.63, 3.8) is 0 Å². The second-order valence-electron chi connectivity index (χ2n) is 7.27. The van der Waals surface area contributed by atoms with Gasteiger partial charge in [0, 0.05) is 11.6 Å². The number of para-hydroxylation sites is 1. The van der Waals surface area contributed by atoms with Gasteiger partial charge in [0.25, 0.3) is 11.6 Å². The number of carbonyl (C=O) groups excluding carboxylic acids is 1. The second-order valence-corrected chi connectivity index (χ2v) is 8.23. The van der Waals surface area contributed by atoms with Gasteiger partial charge in [0.15, 0.2) is 5.84 Å². The summed E-state index contributed by atoms with van der Waals surface area (Å²) < 4.78 is 5.74. The van der Waals surface area contributed by atoms with E-state index in [-0.39, 0.29) is 28.6 Å². The molecule has 162 valence electrons. The molecule has 33 heavy (non-hydrogen) atoms. The number of nitrogens with one attached hydrogen (secondary N) is 1. The number of amides is 1. The Hall–Kier alpha value is -4.31. The first-order valence-corrected chi connectivity index (χ1v) is 10.6. The molecule has 10 heteroatoms. The molecule has 0 fully saturated rings. The van der Waals surface area contributed by atoms with Crippen LogP contribution in [0.4, 0.5) is 5.69 Å². The summed E-state index contributed by atoms with van der Waals surface area (Å²) in [6.07, 6.45) is 1.40. The summed E-state index contributed by atoms with van der Waals surface area (Å²) in [5, 5.41) is 26.6. The monoisotopic (exact) mass is 457 g/mol. The predicted octanol–water partition coefficient (Wildman–Crippen LogP) is 4.83. The minimum Gasteiger partial charge on any atom is -0.456 e. The van der Waals surface area contributed by atoms with Crippen LogP contribution in [0.3, 0.4) is 0 Å². The predicted molar refractivity (Wildman–Crippen MR) is 126 cm³/mol. The maximum atomic E-state index is 12.7. The van der Waals surface area contributed by atoms with E-state index >= 15 is 0 Å². The van der Waals surface area contributed by atoms with E-state index in [4.69, 9.17) is 9.83 Å². The number of aryl methyl sites for hydroxylation is 1. The summed E-state index contributed by atoms with van der Waals surface area (Å²) in [6.45, 7) is 1.97. The molecule has 3 heterocycles. The first kappa shape index (κ1) is 20.6. The van der Waals surface area contributed by atoms with Gasteiger partial charge in [0.1, 0.15) is 16.6 Å². The summed E-state index contributed by atoms with van der Waals surface area (Å²) in [7, 11) is 0. The van der Waals surface area contributed by atoms with E-state index in [1.165, 1.54) is 28.9 Å². The second kappa shape index (κ2) is 7.99. The largest absolute Gasteiger partial charge is 0.456 e. The van der Waals surface area contributed by atoms with Gasteiger partial charge < -0.3 is 4.42 Å². The van der Waals surface area contributed by atoms with Gasteiger partial charge in [0.2, 0.25) is 5.17 Å². The van der Waals surface area contributed by atoms with Crippen LogP contribution < -0.4 is 0 Å². The number of nitro groups is 1. The fraction of sp³-hybridized carbons (Fsp3) is 0.0435. The van der Waals surface area contributed by atoms with Crippen LogP contribution in [0.5, 0.6) is 0 Å². The van der Waals surface area contributed by atoms with Crippen LogP contribution in [0.25, 0.3) is 17.4 Å². The Morgan fingerprint density at radius 2 is 1.97 bits per heavy atom. The maximum Gasteiger partial charge on any atom is 0.283 e. The van der Waals surface area contributed by atoms with Gasteiger partial charge >= 0.3 is 0 Å². The first-order chi connectivity index (χ1) is 15.9. The number of rotatable bonds is 4. The first-order valence-electron chi connectivity index (χ1n) is 9.81. The minimum absolute atomic E-state index is 0.0112. The van der Waals surface area contributed by atoms with E-state index in [1.54, 1.807) is 30.3 Å². The lowest BCUT2D eigenvalue weighted by Gasteiger charge is -2.19. The molecule has 0 spiro atoms. The molecule has 0 atom stereocenters. The summed E-state index contributed by atoms with van der Waals surface area (Å²) in [5.74, 6) is -0.152. The zero-order valence-electron chi connectivity index (χ0n) is 17.2. The lowest BCUT2D eigenvalue weighted by Crippen LogP contribution is -2.35. The number of thioether (sulfide) groups is 1. The van der Waals surface area contributed by atoms with Crippen LogP contribution in [0.1, 0.15) is 16.9 Å². The summed E-state index contributed by atoms with van der Waals surface area (Å²) >= 11 is 1.23. The normalized spacial score (nSPS) is 16.6. The van der Waals surface area contributed by atoms with Gasteiger partial charge in [-0.05, 0) is 49.0 Å². The summed E-state index contributed by atoms with van der Waals surface area (Å²) in [5.41, 5.74) is 2.19. The topological polar surface area (TPSA) is 125 Å². The number of hydrogen-bond donors (Lipinski definition) is 1. The molecule has 0 radical (unpaired) electrons. The Balaban J connectivity index is 1.46. The highest BCUT2D eigenvalue weighted by Crippen LogP contribution is 2.33. The van der Waals surface area contributed by atoms with E-state index in [9.17, 15) is 14.9 Å². The molecule has 3 aromatic rings. The number of benzene rings is 2. The molecule has 1 N–H and O–H groups in total. The van der Waals surface area contributed by atoms with Crippen LogP contribution in [-0.2, 0) is 4.79 Å². The number of furan rings is 1. The van der Waals surface area contributed by atoms with Crippen LogP contribution in [-0.4, -0.2) is 31.9 Å². The van der Waals surface area contributed by atoms with Crippen molar-refractivity contribution in [2.45, 2.75) is 6.92 Å². The van der Waals surface area contributed by atoms with E-state index in [2.05, 4.69) is 10.1 Å². The molecule has 2 aromatic carbocycles. The molecular formula is C23H15N5O4S. The molecule has 2 aliphatic heterocycles. The highest BCUT2D eigenvalue weighted by atomic mass is 32.2. The van der Waals surface area contributed by atoms with Crippen LogP contribution >= 0.6 is 11.8 Å². The van der Waals surface area contributed by atoms with Gasteiger partial charge in [0.05, 0.1) is 16.1 Å². The number of amidine groups is 2. The zero-order chi connectivity index (χ0) is 23.1. The SMILES string of the molecule is Cc1cccc(C2=NN3C(=N)/C(=C/c4ccc(-c5ccccc5[N+](=O)[O-])o4)C(=O)N=C3S2)c1. The van der Waals surface area contributed by atoms with Crippen molar-refractivity contribution < 1.29 is 14.1 Å². The van der Waals surface area contributed by atoms with Crippen LogP contribution in [0.15, 0.2) is 80.7 Å². The average molecular weight is 457 g/mol. The van der Waals surface area contributed by atoms with Crippen molar-refractivity contribution in [1.82, 2.24) is 5.01 Å². The van der Waals surface area contributed by atoms with Crippen molar-refractivity contribution in [1.29, 1.82) is 5.41 Å². The Kier molecular flexibility index (Phi) is 4.98. The van der Waals surface area contributed by atoms with Crippen molar-refractivity contribution in [2.75, 3.05) is 0 Å². The number of hydrogen-bond acceptors (Lipinski definition) is 7. The van der Waals surface area contributed by atoms with Crippen molar-refractivity contribution in [3.05, 3.63) is 93.2 Å². The van der Waals surface area contributed by atoms with Gasteiger partial charge in [-0.25, -0.2) is 0 Å². The molecule has 0 bridgehead atoms. The average Bonchev–Trinajstić information content (AvgIpc) is 3.44. The Morgan fingerprint density at radius 3 is 2.76 bits per heavy atom. The Bertz CT molecular complexity index is 1440. The number of carbonyl (C=O) groups is 1. The number of nitrogens with zero attached hydrogens (tertiary/aromatic N) is 4. The smallest absolute Gasteiger partial charge is 0.283 e. The molecule has 5 rings (SSSR count). The molecule has 0 unspecified atom stereocenters. The summed E-state index contributed by atoms with van der Waals surface area (Å²) in [4.78, 5) is 27.6. The van der Waals surface area contributed by atoms with Gasteiger partial charge in [-0.3, -0.25) is 20.3 Å². The maximum absolute atomic E-state index is 12.7. The van der Waals surface area contributed by atoms with Gasteiger partial charge in [-0.1, -0.05) is 35.9 Å². The molecular weight excluding hydrogens is 442 g/mol. The fourth-order valence-electron chi connectivity index (χ4n) is 3.45. The molecule has 9 nitrogen and oxygen atoms in total. The van der Waals surface area contributed by atoms with Gasteiger partial charge in [-0.15, -0.1) is 0 Å². The zero-order valence-corrected chi connectivity index (χ0v) is 18.0. The highest BCUT2D eigenvalue weighted by molar-refractivity contribution is 8.27. The molecule has 1 amide bonds. The Labute approximate surface area is 191 Å². The fourth-order valence-corrected chi connectivity index (χ4v) is 4.33. The van der Waals surface area contributed by atoms with E-state index in [0.717, 1.165) is 11.1 Å². The molecule has 0 aliphatic carbocycles. The Morgan fingerprint density at radius 1 is 1.15 bits per heavy atom. The van der Waals surface area contributed by atoms with Crippen molar-refractivity contribution in [3.8, 4) is 11.3 Å². The van der Waals surface area contributed by atoms with Crippen molar-refractivity contribution in [2.24, 2.45) is 10.1 Å². The third-order valence-electron chi connectivity index (χ3n) is 5.00. The standard InChI is InChI=1S/C23H15N5O4S/c1-13-5-4-6-14(11-13)22-26-27-20(24)17(21(29)25-23(27)33-22)12-15-9-10-19(32-15)16-7-2-3-8-18(16)28(30)31/h2-12,24H,1H3/b17-12-,24-20?. The molecule has 2 aliphatic rings. The molecule has 0 saturated heterocycles. The van der Waals surface area contributed by atoms with E-state index in [1.807, 2.05) is 31.2 Å². The molecule has 0 saturated carbocycles. The van der Waals surface area contributed by atoms with E-state index in [0.29, 0.717) is 15.8 Å². The number of fused-ring (bicyclic) bond motifs is 1. The highest BCUT2D eigenvalue weighted by Gasteiger charge is 2.36. The third kappa shape index (κ3) is 3.76. The van der Waals surface area contributed by atoms with Crippen molar-refractivity contribution >= 4 is 45.5 Å². The lowest BCUT2D eigenvalue weighted by molar-refractivity contribution is -0.384. The van der Waals surface area contributed by atoms with Crippen LogP contribution in [0, 0.1) is 22.4 Å². The number of hydrazone groups is 1. The number of nitro benzene ring substituents is 1. The van der Waals surface area contributed by atoms with Crippen LogP contribution in [0.2, 0.25) is 0 Å². The summed E-state index contributed by atoms with van der Waals surface area (Å²) in [6, 6.07) is 17.2. The third-order valence-corrected chi connectivity index (χ3v) is 5.96. The quantitative estimate of drug-likeness (QED) is 0.340. The molecule has 1 aromatic heterocycles. The minimum atomic E-state index is -0.580. The number of aliphatic imine (C=N–C) groups is 1. The lowest BCUT2D eigenvalue weighted by atomic mass is 10.1. The van der Waals surface area contributed by atoms with Gasteiger partial charge in [-0.2, -0.15) is 15.1 Å².